The van der Waals surface area contributed by atoms with E-state index in [4.69, 9.17) is 4.42 Å². The Morgan fingerprint density at radius 1 is 1.03 bits per heavy atom. The molecule has 1 aliphatic heterocycles. The summed E-state index contributed by atoms with van der Waals surface area (Å²) in [5.41, 5.74) is 5.76. The number of hydrogen-bond donors (Lipinski definition) is 0. The normalized spacial score (nSPS) is 15.1. The first-order chi connectivity index (χ1) is 14.8. The van der Waals surface area contributed by atoms with Crippen LogP contribution < -0.4 is 10.5 Å². The Morgan fingerprint density at radius 3 is 2.32 bits per heavy atom. The predicted octanol–water partition coefficient (Wildman–Crippen LogP) is 4.75. The molecular formula is C26H30N2O3. The van der Waals surface area contributed by atoms with Gasteiger partial charge in [0.05, 0.1) is 0 Å². The smallest absolute Gasteiger partial charge is 0.336 e. The molecular weight excluding hydrogens is 388 g/mol. The minimum absolute atomic E-state index is 0.0896. The molecule has 31 heavy (non-hydrogen) atoms. The number of nitrogens with zero attached hydrogens (tertiary/aromatic N) is 2. The van der Waals surface area contributed by atoms with Crippen LogP contribution in [0.5, 0.6) is 0 Å². The van der Waals surface area contributed by atoms with E-state index in [1.54, 1.807) is 13.0 Å². The van der Waals surface area contributed by atoms with Gasteiger partial charge in [0.15, 0.2) is 5.78 Å². The lowest BCUT2D eigenvalue weighted by Gasteiger charge is -2.36. The molecule has 0 aliphatic carbocycles. The number of anilines is 1. The number of rotatable bonds is 5. The van der Waals surface area contributed by atoms with E-state index in [0.29, 0.717) is 11.5 Å². The predicted molar refractivity (Wildman–Crippen MR) is 125 cm³/mol. The van der Waals surface area contributed by atoms with E-state index in [9.17, 15) is 9.59 Å². The fraction of sp³-hybridized carbons (Fsp3) is 0.385. The van der Waals surface area contributed by atoms with Gasteiger partial charge in [-0.05, 0) is 72.9 Å². The van der Waals surface area contributed by atoms with Gasteiger partial charge in [0, 0.05) is 55.4 Å². The van der Waals surface area contributed by atoms with Crippen molar-refractivity contribution in [2.45, 2.75) is 40.2 Å². The molecule has 1 aromatic heterocycles. The summed E-state index contributed by atoms with van der Waals surface area (Å²) >= 11 is 0. The van der Waals surface area contributed by atoms with Crippen molar-refractivity contribution in [2.24, 2.45) is 0 Å². The van der Waals surface area contributed by atoms with Gasteiger partial charge in [0.25, 0.3) is 0 Å². The lowest BCUT2D eigenvalue weighted by atomic mass is 9.95. The highest BCUT2D eigenvalue weighted by Gasteiger charge is 2.19. The summed E-state index contributed by atoms with van der Waals surface area (Å²) < 4.78 is 5.50. The first kappa shape index (κ1) is 21.3. The van der Waals surface area contributed by atoms with Crippen LogP contribution in [-0.4, -0.2) is 36.9 Å². The zero-order chi connectivity index (χ0) is 22.1. The zero-order valence-corrected chi connectivity index (χ0v) is 18.8. The molecule has 1 fully saturated rings. The van der Waals surface area contributed by atoms with Crippen molar-refractivity contribution in [2.75, 3.05) is 31.1 Å². The molecule has 0 spiro atoms. The fourth-order valence-electron chi connectivity index (χ4n) is 4.46. The standard InChI is InChI=1S/C26H30N2O3/c1-17(2)23-15-24-21(14-26(30)31-25(24)13-18(23)3)16-27-9-11-28(12-10-27)22-7-5-20(6-8-22)19(4)29/h5-8,13-15,17H,9-12,16H2,1-4H3. The second-order valence-corrected chi connectivity index (χ2v) is 8.82. The number of carbonyl (C=O) groups is 1. The highest BCUT2D eigenvalue weighted by atomic mass is 16.4. The molecule has 4 rings (SSSR count). The van der Waals surface area contributed by atoms with Crippen LogP contribution in [0.4, 0.5) is 5.69 Å². The first-order valence-electron chi connectivity index (χ1n) is 11.0. The monoisotopic (exact) mass is 418 g/mol. The van der Waals surface area contributed by atoms with E-state index in [1.165, 1.54) is 5.56 Å². The summed E-state index contributed by atoms with van der Waals surface area (Å²) in [6.45, 7) is 12.4. The van der Waals surface area contributed by atoms with Crippen molar-refractivity contribution in [3.05, 3.63) is 75.1 Å². The molecule has 5 heteroatoms. The second-order valence-electron chi connectivity index (χ2n) is 8.82. The molecule has 1 aliphatic rings. The summed E-state index contributed by atoms with van der Waals surface area (Å²) in [5, 5.41) is 1.04. The Kier molecular flexibility index (Phi) is 5.96. The van der Waals surface area contributed by atoms with Gasteiger partial charge in [-0.2, -0.15) is 0 Å². The van der Waals surface area contributed by atoms with E-state index >= 15 is 0 Å². The maximum Gasteiger partial charge on any atom is 0.336 e. The summed E-state index contributed by atoms with van der Waals surface area (Å²) in [4.78, 5) is 28.4. The number of ketones is 1. The van der Waals surface area contributed by atoms with E-state index in [2.05, 4.69) is 36.6 Å². The Hall–Kier alpha value is -2.92. The van der Waals surface area contributed by atoms with Gasteiger partial charge in [-0.1, -0.05) is 13.8 Å². The van der Waals surface area contributed by atoms with Crippen LogP contribution in [0.1, 0.15) is 53.7 Å². The lowest BCUT2D eigenvalue weighted by Crippen LogP contribution is -2.46. The second kappa shape index (κ2) is 8.67. The molecule has 0 N–H and O–H groups in total. The van der Waals surface area contributed by atoms with Gasteiger partial charge in [-0.3, -0.25) is 9.69 Å². The Balaban J connectivity index is 1.51. The summed E-state index contributed by atoms with van der Waals surface area (Å²) in [5.74, 6) is 0.508. The zero-order valence-electron chi connectivity index (χ0n) is 18.8. The Bertz CT molecular complexity index is 1150. The van der Waals surface area contributed by atoms with Crippen LogP contribution in [-0.2, 0) is 6.54 Å². The molecule has 0 bridgehead atoms. The molecule has 0 unspecified atom stereocenters. The highest BCUT2D eigenvalue weighted by molar-refractivity contribution is 5.94. The SMILES string of the molecule is CC(=O)c1ccc(N2CCN(Cc3cc(=O)oc4cc(C)c(C(C)C)cc34)CC2)cc1. The van der Waals surface area contributed by atoms with Crippen LogP contribution in [0.15, 0.2) is 51.7 Å². The molecule has 0 radical (unpaired) electrons. The third-order valence-corrected chi connectivity index (χ3v) is 6.24. The van der Waals surface area contributed by atoms with Crippen molar-refractivity contribution in [3.63, 3.8) is 0 Å². The summed E-state index contributed by atoms with van der Waals surface area (Å²) in [7, 11) is 0. The van der Waals surface area contributed by atoms with Crippen molar-refractivity contribution in [1.29, 1.82) is 0 Å². The van der Waals surface area contributed by atoms with Gasteiger partial charge >= 0.3 is 5.63 Å². The molecule has 5 nitrogen and oxygen atoms in total. The lowest BCUT2D eigenvalue weighted by molar-refractivity contribution is 0.101. The average molecular weight is 419 g/mol. The molecule has 2 aromatic carbocycles. The van der Waals surface area contributed by atoms with Crippen LogP contribution >= 0.6 is 0 Å². The quantitative estimate of drug-likeness (QED) is 0.442. The van der Waals surface area contributed by atoms with Gasteiger partial charge < -0.3 is 9.32 Å². The maximum absolute atomic E-state index is 12.2. The summed E-state index contributed by atoms with van der Waals surface area (Å²) in [6.07, 6.45) is 0. The molecule has 0 amide bonds. The van der Waals surface area contributed by atoms with E-state index < -0.39 is 0 Å². The third-order valence-electron chi connectivity index (χ3n) is 6.24. The Labute approximate surface area is 183 Å². The van der Waals surface area contributed by atoms with E-state index in [1.807, 2.05) is 30.3 Å². The number of Topliss-reactive ketones (excluding diaryl/α,β-unsaturated/α-hetero) is 1. The van der Waals surface area contributed by atoms with Crippen molar-refractivity contribution < 1.29 is 9.21 Å². The van der Waals surface area contributed by atoms with Gasteiger partial charge in [0.1, 0.15) is 5.58 Å². The van der Waals surface area contributed by atoms with Gasteiger partial charge in [0.2, 0.25) is 0 Å². The number of benzene rings is 2. The summed E-state index contributed by atoms with van der Waals surface area (Å²) in [6, 6.07) is 13.7. The van der Waals surface area contributed by atoms with Crippen LogP contribution in [0.3, 0.4) is 0 Å². The minimum Gasteiger partial charge on any atom is -0.423 e. The largest absolute Gasteiger partial charge is 0.423 e. The topological polar surface area (TPSA) is 53.8 Å². The Morgan fingerprint density at radius 2 is 1.71 bits per heavy atom. The van der Waals surface area contributed by atoms with Gasteiger partial charge in [-0.15, -0.1) is 0 Å². The number of aryl methyl sites for hydroxylation is 1. The fourth-order valence-corrected chi connectivity index (χ4v) is 4.46. The van der Waals surface area contributed by atoms with Crippen molar-refractivity contribution in [1.82, 2.24) is 4.90 Å². The number of piperazine rings is 1. The van der Waals surface area contributed by atoms with Crippen molar-refractivity contribution >= 4 is 22.4 Å². The van der Waals surface area contributed by atoms with Crippen LogP contribution in [0.25, 0.3) is 11.0 Å². The first-order valence-corrected chi connectivity index (χ1v) is 11.0. The van der Waals surface area contributed by atoms with Crippen LogP contribution in [0, 0.1) is 6.92 Å². The molecule has 0 saturated carbocycles. The molecule has 2 heterocycles. The number of carbonyl (C=O) groups excluding carboxylic acids is 1. The molecule has 3 aromatic rings. The highest BCUT2D eigenvalue weighted by Crippen LogP contribution is 2.28. The van der Waals surface area contributed by atoms with Crippen molar-refractivity contribution in [3.8, 4) is 0 Å². The molecule has 0 atom stereocenters. The van der Waals surface area contributed by atoms with E-state index in [-0.39, 0.29) is 11.4 Å². The van der Waals surface area contributed by atoms with Gasteiger partial charge in [-0.25, -0.2) is 4.79 Å². The maximum atomic E-state index is 12.2. The van der Waals surface area contributed by atoms with E-state index in [0.717, 1.165) is 60.5 Å². The third kappa shape index (κ3) is 4.57. The number of hydrogen-bond acceptors (Lipinski definition) is 5. The van der Waals surface area contributed by atoms with Crippen LogP contribution in [0.2, 0.25) is 0 Å². The number of fused-ring (bicyclic) bond motifs is 1. The molecule has 1 saturated heterocycles. The average Bonchev–Trinajstić information content (AvgIpc) is 2.73. The molecule has 162 valence electrons. The minimum atomic E-state index is -0.289.